The Labute approximate surface area is 134 Å². The molecule has 1 aliphatic carbocycles. The van der Waals surface area contributed by atoms with Crippen molar-refractivity contribution >= 4 is 22.9 Å². The third-order valence-corrected chi connectivity index (χ3v) is 5.02. The predicted octanol–water partition coefficient (Wildman–Crippen LogP) is 3.05. The zero-order valence-electron chi connectivity index (χ0n) is 12.5. The predicted molar refractivity (Wildman–Crippen MR) is 80.7 cm³/mol. The molecule has 0 radical (unpaired) electrons. The Balaban J connectivity index is 2.18. The van der Waals surface area contributed by atoms with Crippen LogP contribution in [0.3, 0.4) is 0 Å². The van der Waals surface area contributed by atoms with E-state index in [-0.39, 0.29) is 23.1 Å². The van der Waals surface area contributed by atoms with Crippen molar-refractivity contribution in [3.05, 3.63) is 38.5 Å². The lowest BCUT2D eigenvalue weighted by atomic mass is 9.69. The molecule has 2 heterocycles. The molecule has 0 saturated heterocycles. The van der Waals surface area contributed by atoms with Crippen LogP contribution in [0.25, 0.3) is 10.9 Å². The number of pyridine rings is 1. The summed E-state index contributed by atoms with van der Waals surface area (Å²) in [5, 5.41) is 2.07. The van der Waals surface area contributed by atoms with Gasteiger partial charge in [-0.2, -0.15) is 4.39 Å². The van der Waals surface area contributed by atoms with E-state index in [1.165, 1.54) is 10.8 Å². The summed E-state index contributed by atoms with van der Waals surface area (Å²) >= 11 is 0. The Bertz CT molecular complexity index is 963. The molecule has 1 spiro atoms. The second-order valence-corrected chi connectivity index (χ2v) is 6.42. The number of nitroso groups, excluding NO2 is 1. The molecule has 1 fully saturated rings. The summed E-state index contributed by atoms with van der Waals surface area (Å²) < 4.78 is 35.6. The minimum atomic E-state index is -1.54. The van der Waals surface area contributed by atoms with Crippen LogP contribution in [0.2, 0.25) is 0 Å². The Morgan fingerprint density at radius 2 is 2.04 bits per heavy atom. The fraction of sp³-hybridized carbons (Fsp3) is 0.375. The van der Waals surface area contributed by atoms with E-state index in [1.807, 2.05) is 0 Å². The maximum absolute atomic E-state index is 14.4. The van der Waals surface area contributed by atoms with E-state index in [0.29, 0.717) is 12.8 Å². The highest BCUT2D eigenvalue weighted by molar-refractivity contribution is 5.97. The average molecular weight is 334 g/mol. The Morgan fingerprint density at radius 1 is 1.29 bits per heavy atom. The number of aldehydes is 1. The molecular formula is C16H12F2N2O4. The normalized spacial score (nSPS) is 17.9. The topological polar surface area (TPSA) is 77.7 Å². The van der Waals surface area contributed by atoms with Gasteiger partial charge in [-0.05, 0) is 18.0 Å². The molecule has 2 aromatic rings. The lowest BCUT2D eigenvalue weighted by Crippen LogP contribution is -2.38. The molecule has 6 nitrogen and oxygen atoms in total. The van der Waals surface area contributed by atoms with Gasteiger partial charge >= 0.3 is 0 Å². The van der Waals surface area contributed by atoms with E-state index in [4.69, 9.17) is 4.74 Å². The van der Waals surface area contributed by atoms with Crippen molar-refractivity contribution in [2.45, 2.75) is 25.8 Å². The fourth-order valence-electron chi connectivity index (χ4n) is 3.61. The molecule has 0 atom stereocenters. The first kappa shape index (κ1) is 14.9. The number of hydrogen-bond acceptors (Lipinski definition) is 5. The van der Waals surface area contributed by atoms with E-state index in [9.17, 15) is 23.3 Å². The average Bonchev–Trinajstić information content (AvgIpc) is 2.72. The molecule has 0 amide bonds. The number of rotatable bonds is 2. The molecule has 1 saturated carbocycles. The van der Waals surface area contributed by atoms with Crippen molar-refractivity contribution in [3.63, 3.8) is 0 Å². The largest absolute Gasteiger partial charge is 0.488 e. The van der Waals surface area contributed by atoms with Gasteiger partial charge in [0, 0.05) is 18.2 Å². The van der Waals surface area contributed by atoms with Crippen molar-refractivity contribution in [2.24, 2.45) is 10.6 Å². The van der Waals surface area contributed by atoms with E-state index in [2.05, 4.69) is 5.18 Å². The highest BCUT2D eigenvalue weighted by atomic mass is 19.2. The molecule has 124 valence electrons. The van der Waals surface area contributed by atoms with Gasteiger partial charge in [0.25, 0.3) is 0 Å². The van der Waals surface area contributed by atoms with Crippen LogP contribution in [0.15, 0.2) is 16.2 Å². The number of halogens is 2. The van der Waals surface area contributed by atoms with E-state index in [1.54, 1.807) is 0 Å². The van der Waals surface area contributed by atoms with Crippen LogP contribution in [0.1, 0.15) is 29.6 Å². The quantitative estimate of drug-likeness (QED) is 0.625. The van der Waals surface area contributed by atoms with Crippen LogP contribution in [0.5, 0.6) is 5.75 Å². The maximum atomic E-state index is 14.4. The number of hydrogen-bond donors (Lipinski definition) is 0. The first-order valence-electron chi connectivity index (χ1n) is 7.51. The number of nitrogens with zero attached hydrogens (tertiary/aromatic N) is 2. The number of benzene rings is 1. The first-order chi connectivity index (χ1) is 11.5. The third-order valence-electron chi connectivity index (χ3n) is 5.02. The van der Waals surface area contributed by atoms with Crippen LogP contribution in [-0.4, -0.2) is 17.5 Å². The van der Waals surface area contributed by atoms with Gasteiger partial charge in [-0.3, -0.25) is 9.59 Å². The Morgan fingerprint density at radius 3 is 2.62 bits per heavy atom. The second-order valence-electron chi connectivity index (χ2n) is 6.42. The van der Waals surface area contributed by atoms with Gasteiger partial charge in [-0.25, -0.2) is 4.39 Å². The summed E-state index contributed by atoms with van der Waals surface area (Å²) in [6.45, 7) is 0.569. The number of carbonyl (C=O) groups excluding carboxylic acids is 1. The van der Waals surface area contributed by atoms with Crippen LogP contribution in [0.4, 0.5) is 14.5 Å². The molecule has 1 aliphatic heterocycles. The first-order valence-corrected chi connectivity index (χ1v) is 7.51. The Kier molecular flexibility index (Phi) is 3.06. The molecule has 24 heavy (non-hydrogen) atoms. The number of ether oxygens (including phenoxy) is 1. The molecule has 2 aliphatic rings. The van der Waals surface area contributed by atoms with Gasteiger partial charge in [0.1, 0.15) is 5.52 Å². The van der Waals surface area contributed by atoms with E-state index in [0.717, 1.165) is 19.3 Å². The second kappa shape index (κ2) is 4.93. The van der Waals surface area contributed by atoms with Gasteiger partial charge in [0.2, 0.25) is 11.2 Å². The van der Waals surface area contributed by atoms with Crippen molar-refractivity contribution in [2.75, 3.05) is 6.61 Å². The molecule has 1 aromatic carbocycles. The van der Waals surface area contributed by atoms with E-state index < -0.39 is 33.9 Å². The molecule has 0 unspecified atom stereocenters. The summed E-state index contributed by atoms with van der Waals surface area (Å²) in [6.07, 6.45) is 4.31. The summed E-state index contributed by atoms with van der Waals surface area (Å²) in [5.74, 6) is -3.29. The van der Waals surface area contributed by atoms with Gasteiger partial charge in [-0.1, -0.05) is 6.42 Å². The highest BCUT2D eigenvalue weighted by Crippen LogP contribution is 2.47. The lowest BCUT2D eigenvalue weighted by molar-refractivity contribution is 0.0459. The van der Waals surface area contributed by atoms with Gasteiger partial charge < -0.3 is 9.30 Å². The minimum Gasteiger partial charge on any atom is -0.488 e. The highest BCUT2D eigenvalue weighted by Gasteiger charge is 2.41. The zero-order chi connectivity index (χ0) is 17.1. The minimum absolute atomic E-state index is 0.0251. The summed E-state index contributed by atoms with van der Waals surface area (Å²) in [6, 6.07) is 0. The van der Waals surface area contributed by atoms with E-state index >= 15 is 0 Å². The summed E-state index contributed by atoms with van der Waals surface area (Å²) in [5.41, 5.74) is -2.30. The molecule has 1 aromatic heterocycles. The van der Waals surface area contributed by atoms with Crippen molar-refractivity contribution in [1.29, 1.82) is 0 Å². The summed E-state index contributed by atoms with van der Waals surface area (Å²) in [4.78, 5) is 34.6. The zero-order valence-corrected chi connectivity index (χ0v) is 12.5. The standard InChI is InChI=1S/C16H12F2N2O4/c17-10-11(18)15-13-9(12(10)19-23)14(22)8(5-21)4-20(13)6-16(7-24-15)2-1-3-16/h4-5H,1-3,6-7H2. The van der Waals surface area contributed by atoms with Crippen LogP contribution in [-0.2, 0) is 6.54 Å². The van der Waals surface area contributed by atoms with Crippen molar-refractivity contribution in [1.82, 2.24) is 4.57 Å². The molecular weight excluding hydrogens is 322 g/mol. The third kappa shape index (κ3) is 1.79. The molecule has 4 rings (SSSR count). The van der Waals surface area contributed by atoms with Crippen LogP contribution in [0, 0.1) is 22.0 Å². The molecule has 0 bridgehead atoms. The van der Waals surface area contributed by atoms with Gasteiger partial charge in [0.15, 0.2) is 23.5 Å². The van der Waals surface area contributed by atoms with Crippen molar-refractivity contribution in [3.8, 4) is 5.75 Å². The fourth-order valence-corrected chi connectivity index (χ4v) is 3.61. The maximum Gasteiger partial charge on any atom is 0.205 e. The molecule has 0 N–H and O–H groups in total. The Hall–Kier alpha value is -2.64. The summed E-state index contributed by atoms with van der Waals surface area (Å²) in [7, 11) is 0. The van der Waals surface area contributed by atoms with Crippen LogP contribution < -0.4 is 10.2 Å². The van der Waals surface area contributed by atoms with Crippen molar-refractivity contribution < 1.29 is 18.3 Å². The van der Waals surface area contributed by atoms with Gasteiger partial charge in [-0.15, -0.1) is 4.91 Å². The number of aromatic nitrogens is 1. The monoisotopic (exact) mass is 334 g/mol. The van der Waals surface area contributed by atoms with Gasteiger partial charge in [0.05, 0.1) is 17.6 Å². The SMILES string of the molecule is O=Cc1cn2c3c(c(F)c(F)c(N=O)c3c1=O)OCC1(CCC1)C2. The smallest absolute Gasteiger partial charge is 0.205 e. The number of carbonyl (C=O) groups is 1. The molecule has 8 heteroatoms. The lowest BCUT2D eigenvalue weighted by Gasteiger charge is -2.40. The van der Waals surface area contributed by atoms with Crippen LogP contribution >= 0.6 is 0 Å².